The number of benzene rings is 2. The van der Waals surface area contributed by atoms with E-state index in [0.29, 0.717) is 22.0 Å². The number of anilines is 1. The normalized spacial score (nSPS) is 17.4. The van der Waals surface area contributed by atoms with Gasteiger partial charge in [-0.05, 0) is 37.5 Å². The number of aliphatic imine (C=N–C) groups is 1. The van der Waals surface area contributed by atoms with E-state index in [4.69, 9.17) is 11.6 Å². The molecule has 0 fully saturated rings. The average molecular weight is 485 g/mol. The quantitative estimate of drug-likeness (QED) is 0.560. The largest absolute Gasteiger partial charge is 0.383 e. The van der Waals surface area contributed by atoms with Crippen molar-refractivity contribution in [1.82, 2.24) is 10.6 Å². The van der Waals surface area contributed by atoms with Gasteiger partial charge in [-0.3, -0.25) is 14.4 Å². The van der Waals surface area contributed by atoms with Crippen LogP contribution in [0, 0.1) is 5.92 Å². The Kier molecular flexibility index (Phi) is 8.06. The minimum absolute atomic E-state index is 0.116. The molecule has 1 heterocycles. The Bertz CT molecular complexity index is 1100. The first-order chi connectivity index (χ1) is 16.1. The fraction of sp³-hybridized carbons (Fsp3) is 0.360. The number of hydrogen-bond donors (Lipinski definition) is 3. The molecule has 3 N–H and O–H groups in total. The first-order valence-corrected chi connectivity index (χ1v) is 11.5. The molecule has 9 heteroatoms. The van der Waals surface area contributed by atoms with Gasteiger partial charge in [0, 0.05) is 23.2 Å². The molecule has 180 valence electrons. The predicted molar refractivity (Wildman–Crippen MR) is 132 cm³/mol. The third kappa shape index (κ3) is 5.81. The van der Waals surface area contributed by atoms with Crippen molar-refractivity contribution in [2.45, 2.75) is 45.5 Å². The summed E-state index contributed by atoms with van der Waals surface area (Å²) >= 11 is 6.25. The van der Waals surface area contributed by atoms with Crippen LogP contribution in [-0.4, -0.2) is 53.9 Å². The lowest BCUT2D eigenvalue weighted by Crippen LogP contribution is -2.53. The molecule has 3 rings (SSSR count). The standard InChI is InChI=1S/C25H29ClN4O4/c1-14(2)12-20(31)24(33)27-15(3)23(32)29-22-25(34)30(4)19-11-10-17(26)13-18(19)21(28-22)16-8-6-5-7-9-16/h5-11,13-15,20,22,31H,12H2,1-4H3,(H,27,33)(H,29,32)/t15-,20-,22?/m0/s1. The van der Waals surface area contributed by atoms with Crippen LogP contribution in [0.15, 0.2) is 53.5 Å². The Hall–Kier alpha value is -3.23. The lowest BCUT2D eigenvalue weighted by atomic mass is 10.0. The van der Waals surface area contributed by atoms with Crippen LogP contribution in [-0.2, 0) is 14.4 Å². The lowest BCUT2D eigenvalue weighted by molar-refractivity contribution is -0.135. The van der Waals surface area contributed by atoms with Crippen LogP contribution in [0.1, 0.15) is 38.3 Å². The molecular formula is C25H29ClN4O4. The number of nitrogens with zero attached hydrogens (tertiary/aromatic N) is 2. The molecule has 0 aromatic heterocycles. The van der Waals surface area contributed by atoms with Crippen LogP contribution >= 0.6 is 11.6 Å². The molecule has 8 nitrogen and oxygen atoms in total. The Balaban J connectivity index is 1.89. The molecule has 3 atom stereocenters. The molecule has 1 aliphatic rings. The summed E-state index contributed by atoms with van der Waals surface area (Å²) in [5.41, 5.74) is 2.52. The van der Waals surface area contributed by atoms with Gasteiger partial charge >= 0.3 is 0 Å². The number of likely N-dealkylation sites (N-methyl/N-ethyl adjacent to an activating group) is 1. The van der Waals surface area contributed by atoms with Gasteiger partial charge in [0.1, 0.15) is 12.1 Å². The van der Waals surface area contributed by atoms with E-state index in [9.17, 15) is 19.5 Å². The van der Waals surface area contributed by atoms with E-state index in [1.807, 2.05) is 44.2 Å². The molecule has 0 spiro atoms. The zero-order chi connectivity index (χ0) is 25.0. The van der Waals surface area contributed by atoms with Crippen molar-refractivity contribution in [2.24, 2.45) is 10.9 Å². The van der Waals surface area contributed by atoms with Gasteiger partial charge in [0.2, 0.25) is 18.0 Å². The first-order valence-electron chi connectivity index (χ1n) is 11.1. The van der Waals surface area contributed by atoms with Crippen LogP contribution in [0.2, 0.25) is 5.02 Å². The second-order valence-corrected chi connectivity index (χ2v) is 9.13. The van der Waals surface area contributed by atoms with E-state index in [1.54, 1.807) is 25.2 Å². The van der Waals surface area contributed by atoms with Gasteiger partial charge in [-0.25, -0.2) is 4.99 Å². The maximum absolute atomic E-state index is 13.2. The molecule has 0 aliphatic carbocycles. The highest BCUT2D eigenvalue weighted by atomic mass is 35.5. The van der Waals surface area contributed by atoms with Gasteiger partial charge in [-0.1, -0.05) is 55.8 Å². The highest BCUT2D eigenvalue weighted by Crippen LogP contribution is 2.29. The van der Waals surface area contributed by atoms with Crippen molar-refractivity contribution in [2.75, 3.05) is 11.9 Å². The number of fused-ring (bicyclic) bond motifs is 1. The van der Waals surface area contributed by atoms with Crippen LogP contribution in [0.3, 0.4) is 0 Å². The van der Waals surface area contributed by atoms with Crippen molar-refractivity contribution in [1.29, 1.82) is 0 Å². The van der Waals surface area contributed by atoms with Gasteiger partial charge in [-0.15, -0.1) is 0 Å². The monoisotopic (exact) mass is 484 g/mol. The smallest absolute Gasteiger partial charge is 0.272 e. The van der Waals surface area contributed by atoms with E-state index in [0.717, 1.165) is 5.56 Å². The first kappa shape index (κ1) is 25.4. The molecule has 1 unspecified atom stereocenters. The van der Waals surface area contributed by atoms with Gasteiger partial charge in [0.15, 0.2) is 0 Å². The van der Waals surface area contributed by atoms with E-state index in [-0.39, 0.29) is 12.3 Å². The molecule has 3 amide bonds. The van der Waals surface area contributed by atoms with Gasteiger partial charge < -0.3 is 20.6 Å². The fourth-order valence-electron chi connectivity index (χ4n) is 3.65. The highest BCUT2D eigenvalue weighted by molar-refractivity contribution is 6.32. The summed E-state index contributed by atoms with van der Waals surface area (Å²) in [6.45, 7) is 5.25. The topological polar surface area (TPSA) is 111 Å². The number of carbonyl (C=O) groups excluding carboxylic acids is 3. The van der Waals surface area contributed by atoms with Gasteiger partial charge in [-0.2, -0.15) is 0 Å². The fourth-order valence-corrected chi connectivity index (χ4v) is 3.83. The second kappa shape index (κ2) is 10.8. The summed E-state index contributed by atoms with van der Waals surface area (Å²) in [4.78, 5) is 44.3. The van der Waals surface area contributed by atoms with Crippen LogP contribution in [0.5, 0.6) is 0 Å². The molecule has 2 aromatic rings. The maximum Gasteiger partial charge on any atom is 0.272 e. The highest BCUT2D eigenvalue weighted by Gasteiger charge is 2.32. The number of benzodiazepines with no additional fused rings is 1. The number of aliphatic hydroxyl groups excluding tert-OH is 1. The van der Waals surface area contributed by atoms with E-state index < -0.39 is 36.0 Å². The molecule has 0 saturated carbocycles. The molecule has 0 radical (unpaired) electrons. The summed E-state index contributed by atoms with van der Waals surface area (Å²) in [5, 5.41) is 15.6. The van der Waals surface area contributed by atoms with Crippen molar-refractivity contribution in [3.8, 4) is 0 Å². The number of rotatable bonds is 7. The molecule has 1 aliphatic heterocycles. The number of amides is 3. The number of aliphatic hydroxyl groups is 1. The van der Waals surface area contributed by atoms with Crippen molar-refractivity contribution < 1.29 is 19.5 Å². The summed E-state index contributed by atoms with van der Waals surface area (Å²) in [7, 11) is 1.60. The number of hydrogen-bond acceptors (Lipinski definition) is 5. The molecule has 2 aromatic carbocycles. The van der Waals surface area contributed by atoms with Gasteiger partial charge in [0.05, 0.1) is 11.4 Å². The number of nitrogens with one attached hydrogen (secondary N) is 2. The number of halogens is 1. The van der Waals surface area contributed by atoms with Crippen molar-refractivity contribution >= 4 is 40.7 Å². The zero-order valence-corrected chi connectivity index (χ0v) is 20.3. The summed E-state index contributed by atoms with van der Waals surface area (Å²) < 4.78 is 0. The molecule has 0 bridgehead atoms. The summed E-state index contributed by atoms with van der Waals surface area (Å²) in [5.74, 6) is -1.57. The van der Waals surface area contributed by atoms with E-state index in [2.05, 4.69) is 15.6 Å². The third-order valence-corrected chi connectivity index (χ3v) is 5.71. The molecular weight excluding hydrogens is 456 g/mol. The minimum atomic E-state index is -1.22. The molecule has 34 heavy (non-hydrogen) atoms. The van der Waals surface area contributed by atoms with Gasteiger partial charge in [0.25, 0.3) is 5.91 Å². The second-order valence-electron chi connectivity index (χ2n) is 8.69. The Morgan fingerprint density at radius 2 is 1.79 bits per heavy atom. The van der Waals surface area contributed by atoms with Crippen molar-refractivity contribution in [3.05, 3.63) is 64.7 Å². The SMILES string of the molecule is CC(C)C[C@H](O)C(=O)N[C@@H](C)C(=O)NC1N=C(c2ccccc2)c2cc(Cl)ccc2N(C)C1=O. The maximum atomic E-state index is 13.2. The summed E-state index contributed by atoms with van der Waals surface area (Å²) in [6, 6.07) is 13.5. The molecule has 0 saturated heterocycles. The number of carbonyl (C=O) groups is 3. The van der Waals surface area contributed by atoms with Crippen LogP contribution < -0.4 is 15.5 Å². The Morgan fingerprint density at radius 1 is 1.12 bits per heavy atom. The predicted octanol–water partition coefficient (Wildman–Crippen LogP) is 2.51. The average Bonchev–Trinajstić information content (AvgIpc) is 2.89. The van der Waals surface area contributed by atoms with Crippen LogP contribution in [0.4, 0.5) is 5.69 Å². The Morgan fingerprint density at radius 3 is 2.44 bits per heavy atom. The lowest BCUT2D eigenvalue weighted by Gasteiger charge is -2.23. The van der Waals surface area contributed by atoms with E-state index in [1.165, 1.54) is 11.8 Å². The zero-order valence-electron chi connectivity index (χ0n) is 19.6. The Labute approximate surface area is 204 Å². The third-order valence-electron chi connectivity index (χ3n) is 5.47. The van der Waals surface area contributed by atoms with Crippen LogP contribution in [0.25, 0.3) is 0 Å². The minimum Gasteiger partial charge on any atom is -0.383 e. The summed E-state index contributed by atoms with van der Waals surface area (Å²) in [6.07, 6.45) is -2.17. The van der Waals surface area contributed by atoms with E-state index >= 15 is 0 Å². The van der Waals surface area contributed by atoms with Crippen molar-refractivity contribution in [3.63, 3.8) is 0 Å².